The number of amides is 1. The van der Waals surface area contributed by atoms with Gasteiger partial charge in [0.25, 0.3) is 0 Å². The highest BCUT2D eigenvalue weighted by Crippen LogP contribution is 2.33. The van der Waals surface area contributed by atoms with E-state index in [1.807, 2.05) is 51.1 Å². The Morgan fingerprint density at radius 3 is 2.72 bits per heavy atom. The molecule has 1 aromatic carbocycles. The number of benzene rings is 1. The molecule has 2 aromatic heterocycles. The molecule has 9 heteroatoms. The zero-order valence-electron chi connectivity index (χ0n) is 16.5. The number of carbonyl (C=O) groups excluding carboxylic acids is 1. The van der Waals surface area contributed by atoms with Crippen LogP contribution in [0.5, 0.6) is 0 Å². The van der Waals surface area contributed by atoms with Crippen LogP contribution in [0.3, 0.4) is 0 Å². The fraction of sp³-hybridized carbons (Fsp3) is 0.300. The van der Waals surface area contributed by atoms with Crippen molar-refractivity contribution in [3.05, 3.63) is 51.9 Å². The molecule has 29 heavy (non-hydrogen) atoms. The summed E-state index contributed by atoms with van der Waals surface area (Å²) in [4.78, 5) is 14.1. The van der Waals surface area contributed by atoms with Gasteiger partial charge in [-0.15, -0.1) is 21.5 Å². The Morgan fingerprint density at radius 2 is 2.07 bits per heavy atom. The molecule has 1 atom stereocenters. The molecule has 0 fully saturated rings. The van der Waals surface area contributed by atoms with Gasteiger partial charge in [0.1, 0.15) is 17.1 Å². The lowest BCUT2D eigenvalue weighted by Crippen LogP contribution is -2.27. The number of aryl methyl sites for hydroxylation is 1. The first-order valence-corrected chi connectivity index (χ1v) is 10.9. The zero-order valence-corrected chi connectivity index (χ0v) is 18.1. The van der Waals surface area contributed by atoms with Crippen LogP contribution in [0, 0.1) is 25.2 Å². The summed E-state index contributed by atoms with van der Waals surface area (Å²) in [5.74, 6) is 0.652. The van der Waals surface area contributed by atoms with Crippen molar-refractivity contribution in [3.63, 3.8) is 0 Å². The van der Waals surface area contributed by atoms with E-state index in [1.54, 1.807) is 4.57 Å². The molecule has 0 saturated heterocycles. The van der Waals surface area contributed by atoms with Crippen molar-refractivity contribution < 1.29 is 4.79 Å². The third kappa shape index (κ3) is 4.44. The SMILES string of the molecule is CCC(C(=O)Nc1sc(C)c(C)c1C#N)n1c(N)nnc1SCc1ccccc1. The second kappa shape index (κ2) is 9.11. The number of rotatable bonds is 7. The Hall–Kier alpha value is -2.83. The van der Waals surface area contributed by atoms with Gasteiger partial charge in [-0.25, -0.2) is 0 Å². The molecule has 7 nitrogen and oxygen atoms in total. The number of anilines is 2. The van der Waals surface area contributed by atoms with Gasteiger partial charge in [0.2, 0.25) is 11.9 Å². The van der Waals surface area contributed by atoms with Gasteiger partial charge in [-0.1, -0.05) is 49.0 Å². The summed E-state index contributed by atoms with van der Waals surface area (Å²) in [6.45, 7) is 5.73. The van der Waals surface area contributed by atoms with Crippen LogP contribution in [0.15, 0.2) is 35.5 Å². The molecule has 0 spiro atoms. The molecule has 0 aliphatic heterocycles. The molecule has 3 rings (SSSR count). The number of nitrogen functional groups attached to an aromatic ring is 1. The van der Waals surface area contributed by atoms with E-state index in [1.165, 1.54) is 23.1 Å². The number of hydrogen-bond acceptors (Lipinski definition) is 7. The van der Waals surface area contributed by atoms with Gasteiger partial charge in [-0.3, -0.25) is 9.36 Å². The number of nitriles is 1. The molecular weight excluding hydrogens is 404 g/mol. The minimum absolute atomic E-state index is 0.196. The lowest BCUT2D eigenvalue weighted by molar-refractivity contribution is -0.119. The van der Waals surface area contributed by atoms with E-state index in [0.717, 1.165) is 16.0 Å². The summed E-state index contributed by atoms with van der Waals surface area (Å²) in [7, 11) is 0. The third-order valence-electron chi connectivity index (χ3n) is 4.64. The number of thioether (sulfide) groups is 1. The Kier molecular flexibility index (Phi) is 6.56. The Bertz CT molecular complexity index is 1050. The number of hydrogen-bond donors (Lipinski definition) is 2. The molecule has 150 valence electrons. The Morgan fingerprint density at radius 1 is 1.34 bits per heavy atom. The van der Waals surface area contributed by atoms with Crippen LogP contribution in [0.25, 0.3) is 0 Å². The molecule has 0 bridgehead atoms. The molecular formula is C20H22N6OS2. The highest BCUT2D eigenvalue weighted by atomic mass is 32.2. The van der Waals surface area contributed by atoms with Gasteiger partial charge in [-0.05, 0) is 31.4 Å². The predicted octanol–water partition coefficient (Wildman–Crippen LogP) is 4.29. The van der Waals surface area contributed by atoms with E-state index >= 15 is 0 Å². The number of aromatic nitrogens is 3. The number of carbonyl (C=O) groups is 1. The van der Waals surface area contributed by atoms with Crippen molar-refractivity contribution in [3.8, 4) is 6.07 Å². The maximum Gasteiger partial charge on any atom is 0.248 e. The first-order chi connectivity index (χ1) is 14.0. The summed E-state index contributed by atoms with van der Waals surface area (Å²) < 4.78 is 1.67. The number of nitrogens with one attached hydrogen (secondary N) is 1. The molecule has 0 aliphatic rings. The largest absolute Gasteiger partial charge is 0.368 e. The van der Waals surface area contributed by atoms with Crippen LogP contribution in [0.2, 0.25) is 0 Å². The monoisotopic (exact) mass is 426 g/mol. The van der Waals surface area contributed by atoms with Gasteiger partial charge in [0, 0.05) is 10.6 Å². The standard InChI is InChI=1S/C20H22N6OS2/c1-4-16(17(27)23-18-15(10-21)12(2)13(3)29-18)26-19(22)24-25-20(26)28-11-14-8-6-5-7-9-14/h5-9,16H,4,11H2,1-3H3,(H2,22,24)(H,23,27). The first-order valence-electron chi connectivity index (χ1n) is 9.14. The van der Waals surface area contributed by atoms with E-state index in [2.05, 4.69) is 21.6 Å². The molecule has 3 N–H and O–H groups in total. The molecule has 0 aliphatic carbocycles. The summed E-state index contributed by atoms with van der Waals surface area (Å²) in [6.07, 6.45) is 0.512. The first kappa shape index (κ1) is 20.9. The molecule has 1 unspecified atom stereocenters. The fourth-order valence-electron chi connectivity index (χ4n) is 2.93. The van der Waals surface area contributed by atoms with Gasteiger partial charge < -0.3 is 11.1 Å². The minimum atomic E-state index is -0.572. The molecule has 1 amide bonds. The summed E-state index contributed by atoms with van der Waals surface area (Å²) in [5.41, 5.74) is 8.59. The number of nitrogens with two attached hydrogens (primary N) is 1. The van der Waals surface area contributed by atoms with Crippen molar-refractivity contribution in [2.24, 2.45) is 0 Å². The fourth-order valence-corrected chi connectivity index (χ4v) is 4.89. The molecule has 2 heterocycles. The summed E-state index contributed by atoms with van der Waals surface area (Å²) >= 11 is 2.89. The van der Waals surface area contributed by atoms with E-state index in [-0.39, 0.29) is 11.9 Å². The van der Waals surface area contributed by atoms with E-state index in [0.29, 0.717) is 27.9 Å². The van der Waals surface area contributed by atoms with Crippen LogP contribution in [-0.4, -0.2) is 20.7 Å². The van der Waals surface area contributed by atoms with Crippen LogP contribution < -0.4 is 11.1 Å². The summed E-state index contributed by atoms with van der Waals surface area (Å²) in [6, 6.07) is 11.6. The van der Waals surface area contributed by atoms with E-state index in [9.17, 15) is 10.1 Å². The van der Waals surface area contributed by atoms with Crippen molar-refractivity contribution in [2.75, 3.05) is 11.1 Å². The van der Waals surface area contributed by atoms with Crippen molar-refractivity contribution >= 4 is 40.0 Å². The van der Waals surface area contributed by atoms with Crippen molar-refractivity contribution in [1.29, 1.82) is 5.26 Å². The Labute approximate surface area is 177 Å². The minimum Gasteiger partial charge on any atom is -0.368 e. The topological polar surface area (TPSA) is 110 Å². The highest BCUT2D eigenvalue weighted by molar-refractivity contribution is 7.98. The van der Waals surface area contributed by atoms with Crippen molar-refractivity contribution in [1.82, 2.24) is 14.8 Å². The second-order valence-corrected chi connectivity index (χ2v) is 8.66. The van der Waals surface area contributed by atoms with E-state index in [4.69, 9.17) is 5.73 Å². The van der Waals surface area contributed by atoms with Crippen LogP contribution in [0.1, 0.15) is 41.0 Å². The van der Waals surface area contributed by atoms with Crippen LogP contribution in [0.4, 0.5) is 10.9 Å². The second-order valence-electron chi connectivity index (χ2n) is 6.50. The van der Waals surface area contributed by atoms with Gasteiger partial charge in [-0.2, -0.15) is 5.26 Å². The van der Waals surface area contributed by atoms with Gasteiger partial charge in [0.05, 0.1) is 5.56 Å². The lowest BCUT2D eigenvalue weighted by Gasteiger charge is -2.18. The third-order valence-corrected chi connectivity index (χ3v) is 6.77. The predicted molar refractivity (Wildman–Crippen MR) is 117 cm³/mol. The maximum atomic E-state index is 13.1. The van der Waals surface area contributed by atoms with Crippen LogP contribution >= 0.6 is 23.1 Å². The van der Waals surface area contributed by atoms with Gasteiger partial charge in [0.15, 0.2) is 5.16 Å². The van der Waals surface area contributed by atoms with Gasteiger partial charge >= 0.3 is 0 Å². The summed E-state index contributed by atoms with van der Waals surface area (Å²) in [5, 5.41) is 21.6. The molecule has 3 aromatic rings. The average molecular weight is 427 g/mol. The molecule has 0 radical (unpaired) electrons. The van der Waals surface area contributed by atoms with E-state index < -0.39 is 6.04 Å². The normalized spacial score (nSPS) is 11.8. The van der Waals surface area contributed by atoms with Crippen molar-refractivity contribution in [2.45, 2.75) is 44.1 Å². The Balaban J connectivity index is 1.83. The quantitative estimate of drug-likeness (QED) is 0.545. The van der Waals surface area contributed by atoms with Crippen LogP contribution in [-0.2, 0) is 10.5 Å². The maximum absolute atomic E-state index is 13.1. The number of thiophene rings is 1. The highest BCUT2D eigenvalue weighted by Gasteiger charge is 2.26. The smallest absolute Gasteiger partial charge is 0.248 e. The zero-order chi connectivity index (χ0) is 21.0. The molecule has 0 saturated carbocycles. The average Bonchev–Trinajstić information content (AvgIpc) is 3.21. The lowest BCUT2D eigenvalue weighted by atomic mass is 10.1. The number of nitrogens with zero attached hydrogens (tertiary/aromatic N) is 4.